The van der Waals surface area contributed by atoms with E-state index < -0.39 is 47.7 Å². The number of anilines is 1. The molecule has 34 heavy (non-hydrogen) atoms. The predicted molar refractivity (Wildman–Crippen MR) is 123 cm³/mol. The topological polar surface area (TPSA) is 149 Å². The molecule has 1 aromatic heterocycles. The number of hydrogen-bond acceptors (Lipinski definition) is 6. The van der Waals surface area contributed by atoms with Gasteiger partial charge in [0.15, 0.2) is 0 Å². The van der Waals surface area contributed by atoms with E-state index in [2.05, 4.69) is 17.2 Å². The minimum atomic E-state index is -1.18. The number of rotatable bonds is 11. The first kappa shape index (κ1) is 26.6. The average Bonchev–Trinajstić information content (AvgIpc) is 3.48. The summed E-state index contributed by atoms with van der Waals surface area (Å²) in [5, 5.41) is 14.0. The van der Waals surface area contributed by atoms with Gasteiger partial charge in [-0.15, -0.1) is 0 Å². The monoisotopic (exact) mass is 476 g/mol. The molecular formula is C23H32N4O7. The summed E-state index contributed by atoms with van der Waals surface area (Å²) in [6, 6.07) is 0.310. The number of hydrogen-bond donors (Lipinski definition) is 3. The van der Waals surface area contributed by atoms with Crippen molar-refractivity contribution in [1.29, 1.82) is 0 Å². The first-order chi connectivity index (χ1) is 16.1. The average molecular weight is 477 g/mol. The molecule has 186 valence electrons. The Morgan fingerprint density at radius 1 is 1.29 bits per heavy atom. The van der Waals surface area contributed by atoms with Gasteiger partial charge in [0, 0.05) is 12.6 Å². The second kappa shape index (κ2) is 12.0. The van der Waals surface area contributed by atoms with Crippen molar-refractivity contribution in [2.75, 3.05) is 18.0 Å². The third kappa shape index (κ3) is 6.69. The maximum Gasteiger partial charge on any atom is 0.325 e. The Morgan fingerprint density at radius 3 is 2.56 bits per heavy atom. The zero-order valence-corrected chi connectivity index (χ0v) is 19.7. The summed E-state index contributed by atoms with van der Waals surface area (Å²) >= 11 is 0. The molecule has 1 aliphatic rings. The van der Waals surface area contributed by atoms with Crippen LogP contribution in [0.3, 0.4) is 0 Å². The number of carbonyl (C=O) groups is 5. The standard InChI is InChI=1S/C23H32N4O7/c1-5-18(28)27(20-9-7-11-34-20)17(12-14(2)3)21(30)24-13-19(29)26-10-6-8-16(26)22(31)25-15(4)23(32)33/h5,7,9,11,14-17H,1,6,8,10,12-13H2,2-4H3,(H,24,30)(H,25,31)(H,32,33)/t15-,16-,17-/m0/s1. The predicted octanol–water partition coefficient (Wildman–Crippen LogP) is 0.910. The van der Waals surface area contributed by atoms with Crippen molar-refractivity contribution in [3.8, 4) is 0 Å². The normalized spacial score (nSPS) is 17.1. The molecule has 1 fully saturated rings. The lowest BCUT2D eigenvalue weighted by atomic mass is 10.0. The Labute approximate surface area is 198 Å². The molecule has 0 unspecified atom stereocenters. The molecule has 0 radical (unpaired) electrons. The molecule has 0 saturated carbocycles. The van der Waals surface area contributed by atoms with Crippen molar-refractivity contribution in [2.24, 2.45) is 5.92 Å². The van der Waals surface area contributed by atoms with Gasteiger partial charge in [0.1, 0.15) is 18.1 Å². The lowest BCUT2D eigenvalue weighted by Gasteiger charge is -2.30. The van der Waals surface area contributed by atoms with Crippen LogP contribution in [0.25, 0.3) is 0 Å². The van der Waals surface area contributed by atoms with Gasteiger partial charge in [-0.05, 0) is 44.2 Å². The zero-order chi connectivity index (χ0) is 25.4. The Hall–Kier alpha value is -3.63. The number of nitrogens with zero attached hydrogens (tertiary/aromatic N) is 2. The van der Waals surface area contributed by atoms with Crippen LogP contribution >= 0.6 is 0 Å². The van der Waals surface area contributed by atoms with Gasteiger partial charge >= 0.3 is 5.97 Å². The number of carboxylic acid groups (broad SMARTS) is 1. The van der Waals surface area contributed by atoms with Gasteiger partial charge in [0.2, 0.25) is 23.6 Å². The SMILES string of the molecule is C=CC(=O)N(c1ccco1)[C@@H](CC(C)C)C(=O)NCC(=O)N1CCC[C@H]1C(=O)N[C@@H](C)C(=O)O. The Balaban J connectivity index is 2.10. The van der Waals surface area contributed by atoms with E-state index in [0.29, 0.717) is 25.8 Å². The Morgan fingerprint density at radius 2 is 2.00 bits per heavy atom. The minimum Gasteiger partial charge on any atom is -0.480 e. The second-order valence-electron chi connectivity index (χ2n) is 8.54. The molecular weight excluding hydrogens is 444 g/mol. The first-order valence-electron chi connectivity index (χ1n) is 11.2. The minimum absolute atomic E-state index is 0.0458. The number of nitrogens with one attached hydrogen (secondary N) is 2. The third-order valence-electron chi connectivity index (χ3n) is 5.48. The van der Waals surface area contributed by atoms with Crippen LogP contribution in [0.4, 0.5) is 5.88 Å². The van der Waals surface area contributed by atoms with Crippen LogP contribution in [-0.2, 0) is 24.0 Å². The molecule has 3 atom stereocenters. The molecule has 0 aromatic carbocycles. The van der Waals surface area contributed by atoms with Crippen LogP contribution in [0.2, 0.25) is 0 Å². The molecule has 3 N–H and O–H groups in total. The molecule has 2 heterocycles. The highest BCUT2D eigenvalue weighted by atomic mass is 16.4. The van der Waals surface area contributed by atoms with E-state index in [1.807, 2.05) is 13.8 Å². The lowest BCUT2D eigenvalue weighted by molar-refractivity contribution is -0.143. The number of amides is 4. The van der Waals surface area contributed by atoms with Crippen LogP contribution in [0.15, 0.2) is 35.5 Å². The highest BCUT2D eigenvalue weighted by Crippen LogP contribution is 2.23. The molecule has 1 aromatic rings. The smallest absolute Gasteiger partial charge is 0.325 e. The summed E-state index contributed by atoms with van der Waals surface area (Å²) in [7, 11) is 0. The second-order valence-corrected chi connectivity index (χ2v) is 8.54. The fraction of sp³-hybridized carbons (Fsp3) is 0.522. The van der Waals surface area contributed by atoms with Crippen molar-refractivity contribution in [3.05, 3.63) is 31.1 Å². The maximum absolute atomic E-state index is 13.1. The molecule has 0 spiro atoms. The van der Waals surface area contributed by atoms with E-state index in [9.17, 15) is 24.0 Å². The van der Waals surface area contributed by atoms with E-state index in [1.54, 1.807) is 12.1 Å². The fourth-order valence-electron chi connectivity index (χ4n) is 3.79. The third-order valence-corrected chi connectivity index (χ3v) is 5.48. The number of furan rings is 1. The van der Waals surface area contributed by atoms with Gasteiger partial charge in [-0.2, -0.15) is 0 Å². The van der Waals surface area contributed by atoms with Crippen molar-refractivity contribution < 1.29 is 33.5 Å². The lowest BCUT2D eigenvalue weighted by Crippen LogP contribution is -2.54. The number of likely N-dealkylation sites (tertiary alicyclic amines) is 1. The van der Waals surface area contributed by atoms with Crippen LogP contribution in [0, 0.1) is 5.92 Å². The molecule has 2 rings (SSSR count). The van der Waals surface area contributed by atoms with Crippen LogP contribution in [-0.4, -0.2) is 70.8 Å². The highest BCUT2D eigenvalue weighted by Gasteiger charge is 2.36. The van der Waals surface area contributed by atoms with Crippen LogP contribution in [0.5, 0.6) is 0 Å². The zero-order valence-electron chi connectivity index (χ0n) is 19.7. The van der Waals surface area contributed by atoms with Gasteiger partial charge in [-0.1, -0.05) is 20.4 Å². The molecule has 0 aliphatic carbocycles. The van der Waals surface area contributed by atoms with Crippen molar-refractivity contribution >= 4 is 35.5 Å². The summed E-state index contributed by atoms with van der Waals surface area (Å²) in [4.78, 5) is 64.5. The number of aliphatic carboxylic acids is 1. The number of carbonyl (C=O) groups excluding carboxylic acids is 4. The molecule has 1 saturated heterocycles. The van der Waals surface area contributed by atoms with E-state index in [4.69, 9.17) is 9.52 Å². The summed E-state index contributed by atoms with van der Waals surface area (Å²) < 4.78 is 5.34. The molecule has 1 aliphatic heterocycles. The molecule has 0 bridgehead atoms. The van der Waals surface area contributed by atoms with Gasteiger partial charge in [0.25, 0.3) is 5.91 Å². The van der Waals surface area contributed by atoms with E-state index >= 15 is 0 Å². The van der Waals surface area contributed by atoms with E-state index in [1.165, 1.54) is 23.0 Å². The molecule has 11 nitrogen and oxygen atoms in total. The maximum atomic E-state index is 13.1. The summed E-state index contributed by atoms with van der Waals surface area (Å²) in [5.74, 6) is -3.05. The Bertz CT molecular complexity index is 912. The first-order valence-corrected chi connectivity index (χ1v) is 11.2. The van der Waals surface area contributed by atoms with Gasteiger partial charge in [0.05, 0.1) is 12.8 Å². The summed E-state index contributed by atoms with van der Waals surface area (Å²) in [6.07, 6.45) is 3.75. The van der Waals surface area contributed by atoms with Crippen molar-refractivity contribution in [2.45, 2.75) is 58.2 Å². The van der Waals surface area contributed by atoms with Crippen molar-refractivity contribution in [1.82, 2.24) is 15.5 Å². The molecule has 11 heteroatoms. The highest BCUT2D eigenvalue weighted by molar-refractivity contribution is 6.05. The summed E-state index contributed by atoms with van der Waals surface area (Å²) in [6.45, 7) is 8.57. The van der Waals surface area contributed by atoms with Crippen LogP contribution < -0.4 is 15.5 Å². The summed E-state index contributed by atoms with van der Waals surface area (Å²) in [5.41, 5.74) is 0. The van der Waals surface area contributed by atoms with Crippen molar-refractivity contribution in [3.63, 3.8) is 0 Å². The Kier molecular flexibility index (Phi) is 9.40. The largest absolute Gasteiger partial charge is 0.480 e. The van der Waals surface area contributed by atoms with Gasteiger partial charge in [-0.3, -0.25) is 28.9 Å². The quantitative estimate of drug-likeness (QED) is 0.402. The fourth-order valence-corrected chi connectivity index (χ4v) is 3.79. The number of carboxylic acids is 1. The van der Waals surface area contributed by atoms with Gasteiger partial charge < -0.3 is 25.1 Å². The van der Waals surface area contributed by atoms with Crippen LogP contribution in [0.1, 0.15) is 40.0 Å². The van der Waals surface area contributed by atoms with E-state index in [0.717, 1.165) is 6.08 Å². The van der Waals surface area contributed by atoms with Gasteiger partial charge in [-0.25, -0.2) is 0 Å². The van der Waals surface area contributed by atoms with E-state index in [-0.39, 0.29) is 18.3 Å². The molecule has 4 amide bonds.